The summed E-state index contributed by atoms with van der Waals surface area (Å²) in [5.41, 5.74) is 14.8. The summed E-state index contributed by atoms with van der Waals surface area (Å²) in [5.74, 6) is 0. The quantitative estimate of drug-likeness (QED) is 0.324. The minimum Gasteiger partial charge on any atom is -0.265 e. The SMILES string of the molecule is C/C=C\C1=C(C)Cc2cc(-c3cccc4c3-c3ccccc3C4(C)c3ccncc3)ccc21. The van der Waals surface area contributed by atoms with Crippen molar-refractivity contribution in [3.63, 3.8) is 0 Å². The number of benzene rings is 3. The van der Waals surface area contributed by atoms with Crippen molar-refractivity contribution in [3.05, 3.63) is 131 Å². The van der Waals surface area contributed by atoms with E-state index >= 15 is 0 Å². The zero-order valence-electron chi connectivity index (χ0n) is 19.4. The normalized spacial score (nSPS) is 18.5. The molecular weight excluding hydrogens is 398 g/mol. The van der Waals surface area contributed by atoms with Gasteiger partial charge in [0.1, 0.15) is 0 Å². The van der Waals surface area contributed by atoms with Gasteiger partial charge >= 0.3 is 0 Å². The van der Waals surface area contributed by atoms with Crippen LogP contribution in [0.25, 0.3) is 27.8 Å². The van der Waals surface area contributed by atoms with E-state index in [1.165, 1.54) is 61.2 Å². The van der Waals surface area contributed by atoms with E-state index < -0.39 is 0 Å². The number of nitrogens with zero attached hydrogens (tertiary/aromatic N) is 1. The third-order valence-electron chi connectivity index (χ3n) is 7.55. The topological polar surface area (TPSA) is 12.9 Å². The summed E-state index contributed by atoms with van der Waals surface area (Å²) in [4.78, 5) is 4.27. The van der Waals surface area contributed by atoms with Crippen LogP contribution in [0.4, 0.5) is 0 Å². The van der Waals surface area contributed by atoms with Crippen molar-refractivity contribution in [2.24, 2.45) is 0 Å². The number of pyridine rings is 1. The standard InChI is InChI=1S/C32H27N/c1-4-8-25-21(2)19-23-20-22(13-14-26(23)25)27-10-7-12-30-31(27)28-9-5-6-11-29(28)32(30,3)24-15-17-33-18-16-24/h4-18,20H,19H2,1-3H3/b8-4-. The Hall–Kier alpha value is -3.71. The van der Waals surface area contributed by atoms with E-state index in [-0.39, 0.29) is 5.41 Å². The fourth-order valence-electron chi connectivity index (χ4n) is 5.96. The zero-order chi connectivity index (χ0) is 22.6. The van der Waals surface area contributed by atoms with Crippen LogP contribution in [0.1, 0.15) is 48.6 Å². The molecule has 2 aliphatic carbocycles. The molecule has 1 heteroatoms. The molecule has 0 aliphatic heterocycles. The molecule has 0 saturated carbocycles. The highest BCUT2D eigenvalue weighted by atomic mass is 14.6. The van der Waals surface area contributed by atoms with Crippen molar-refractivity contribution < 1.29 is 0 Å². The molecule has 0 N–H and O–H groups in total. The molecule has 4 aromatic rings. The predicted octanol–water partition coefficient (Wildman–Crippen LogP) is 7.99. The highest BCUT2D eigenvalue weighted by Crippen LogP contribution is 2.55. The van der Waals surface area contributed by atoms with Crippen LogP contribution in [0.3, 0.4) is 0 Å². The van der Waals surface area contributed by atoms with Crippen LogP contribution in [0.5, 0.6) is 0 Å². The molecule has 1 atom stereocenters. The molecule has 0 bridgehead atoms. The molecule has 0 spiro atoms. The van der Waals surface area contributed by atoms with E-state index in [1.807, 2.05) is 12.4 Å². The molecule has 1 aromatic heterocycles. The van der Waals surface area contributed by atoms with Crippen LogP contribution in [0.15, 0.2) is 103 Å². The monoisotopic (exact) mass is 425 g/mol. The average Bonchev–Trinajstić information content (AvgIpc) is 3.32. The van der Waals surface area contributed by atoms with Gasteiger partial charge in [-0.25, -0.2) is 0 Å². The molecule has 1 heterocycles. The maximum absolute atomic E-state index is 4.27. The lowest BCUT2D eigenvalue weighted by Gasteiger charge is -2.28. The van der Waals surface area contributed by atoms with Gasteiger partial charge in [-0.2, -0.15) is 0 Å². The van der Waals surface area contributed by atoms with E-state index in [0.717, 1.165) is 6.42 Å². The second-order valence-electron chi connectivity index (χ2n) is 9.38. The smallest absolute Gasteiger partial charge is 0.0436 e. The molecule has 2 aliphatic rings. The lowest BCUT2D eigenvalue weighted by atomic mass is 9.74. The molecule has 160 valence electrons. The van der Waals surface area contributed by atoms with E-state index in [1.54, 1.807) is 0 Å². The molecular formula is C32H27N. The summed E-state index contributed by atoms with van der Waals surface area (Å²) in [6, 6.07) is 27.1. The Kier molecular flexibility index (Phi) is 4.48. The number of rotatable bonds is 3. The van der Waals surface area contributed by atoms with Crippen LogP contribution >= 0.6 is 0 Å². The molecule has 0 saturated heterocycles. The van der Waals surface area contributed by atoms with Gasteiger partial charge in [0.25, 0.3) is 0 Å². The average molecular weight is 426 g/mol. The Labute approximate surface area is 196 Å². The number of aromatic nitrogens is 1. The summed E-state index contributed by atoms with van der Waals surface area (Å²) in [6.07, 6.45) is 9.23. The first-order valence-corrected chi connectivity index (χ1v) is 11.7. The van der Waals surface area contributed by atoms with Crippen molar-refractivity contribution in [1.29, 1.82) is 0 Å². The fraction of sp³-hybridized carbons (Fsp3) is 0.156. The molecule has 6 rings (SSSR count). The summed E-state index contributed by atoms with van der Waals surface area (Å²) in [5, 5.41) is 0. The van der Waals surface area contributed by atoms with Crippen molar-refractivity contribution in [3.8, 4) is 22.3 Å². The summed E-state index contributed by atoms with van der Waals surface area (Å²) < 4.78 is 0. The summed E-state index contributed by atoms with van der Waals surface area (Å²) in [6.45, 7) is 6.71. The Morgan fingerprint density at radius 1 is 0.818 bits per heavy atom. The van der Waals surface area contributed by atoms with Gasteiger partial charge in [-0.3, -0.25) is 4.98 Å². The first-order chi connectivity index (χ1) is 16.1. The zero-order valence-corrected chi connectivity index (χ0v) is 19.4. The van der Waals surface area contributed by atoms with Crippen LogP contribution in [-0.2, 0) is 11.8 Å². The van der Waals surface area contributed by atoms with Crippen LogP contribution in [-0.4, -0.2) is 4.98 Å². The summed E-state index contributed by atoms with van der Waals surface area (Å²) >= 11 is 0. The maximum atomic E-state index is 4.27. The first kappa shape index (κ1) is 19.9. The first-order valence-electron chi connectivity index (χ1n) is 11.7. The second-order valence-corrected chi connectivity index (χ2v) is 9.38. The van der Waals surface area contributed by atoms with Crippen LogP contribution in [0.2, 0.25) is 0 Å². The Balaban J connectivity index is 1.57. The third kappa shape index (κ3) is 2.82. The predicted molar refractivity (Wildman–Crippen MR) is 138 cm³/mol. The van der Waals surface area contributed by atoms with Gasteiger partial charge in [0.15, 0.2) is 0 Å². The van der Waals surface area contributed by atoms with Gasteiger partial charge in [-0.15, -0.1) is 0 Å². The van der Waals surface area contributed by atoms with Gasteiger partial charge in [0.2, 0.25) is 0 Å². The molecule has 3 aromatic carbocycles. The van der Waals surface area contributed by atoms with Gasteiger partial charge in [0.05, 0.1) is 0 Å². The minimum atomic E-state index is -0.196. The Morgan fingerprint density at radius 2 is 1.58 bits per heavy atom. The molecule has 33 heavy (non-hydrogen) atoms. The molecule has 0 amide bonds. The largest absolute Gasteiger partial charge is 0.265 e. The Morgan fingerprint density at radius 3 is 2.39 bits per heavy atom. The third-order valence-corrected chi connectivity index (χ3v) is 7.55. The minimum absolute atomic E-state index is 0.196. The van der Waals surface area contributed by atoms with Crippen molar-refractivity contribution in [2.45, 2.75) is 32.6 Å². The van der Waals surface area contributed by atoms with Gasteiger partial charge in [-0.1, -0.05) is 78.4 Å². The number of allylic oxidation sites excluding steroid dienone is 4. The van der Waals surface area contributed by atoms with Gasteiger partial charge in [0, 0.05) is 17.8 Å². The molecule has 1 nitrogen and oxygen atoms in total. The Bertz CT molecular complexity index is 1460. The lowest BCUT2D eigenvalue weighted by Crippen LogP contribution is -2.22. The highest BCUT2D eigenvalue weighted by molar-refractivity contribution is 5.94. The molecule has 0 fully saturated rings. The van der Waals surface area contributed by atoms with E-state index in [0.29, 0.717) is 0 Å². The number of hydrogen-bond donors (Lipinski definition) is 0. The van der Waals surface area contributed by atoms with Gasteiger partial charge in [-0.05, 0) is 95.0 Å². The molecule has 0 radical (unpaired) electrons. The van der Waals surface area contributed by atoms with Crippen molar-refractivity contribution in [1.82, 2.24) is 4.98 Å². The van der Waals surface area contributed by atoms with E-state index in [9.17, 15) is 0 Å². The molecule has 1 unspecified atom stereocenters. The highest BCUT2D eigenvalue weighted by Gasteiger charge is 2.41. The number of fused-ring (bicyclic) bond motifs is 4. The second kappa shape index (κ2) is 7.42. The lowest BCUT2D eigenvalue weighted by molar-refractivity contribution is 0.712. The fourth-order valence-corrected chi connectivity index (χ4v) is 5.96. The van der Waals surface area contributed by atoms with Crippen LogP contribution in [0, 0.1) is 0 Å². The van der Waals surface area contributed by atoms with E-state index in [2.05, 4.69) is 111 Å². The summed E-state index contributed by atoms with van der Waals surface area (Å²) in [7, 11) is 0. The maximum Gasteiger partial charge on any atom is 0.0436 e. The van der Waals surface area contributed by atoms with Crippen molar-refractivity contribution >= 4 is 5.57 Å². The van der Waals surface area contributed by atoms with E-state index in [4.69, 9.17) is 0 Å². The van der Waals surface area contributed by atoms with Gasteiger partial charge < -0.3 is 0 Å². The van der Waals surface area contributed by atoms with Crippen molar-refractivity contribution in [2.75, 3.05) is 0 Å². The van der Waals surface area contributed by atoms with Crippen LogP contribution < -0.4 is 0 Å². The number of hydrogen-bond acceptors (Lipinski definition) is 1.